The molecule has 1 aliphatic carbocycles. The summed E-state index contributed by atoms with van der Waals surface area (Å²) in [7, 11) is 1.73. The number of hydrogen-bond donors (Lipinski definition) is 2. The van der Waals surface area contributed by atoms with E-state index in [0.29, 0.717) is 19.2 Å². The van der Waals surface area contributed by atoms with Gasteiger partial charge >= 0.3 is 0 Å². The summed E-state index contributed by atoms with van der Waals surface area (Å²) in [6.07, 6.45) is 5.25. The Hall–Kier alpha value is -0.900. The Bertz CT molecular complexity index is 361. The van der Waals surface area contributed by atoms with Crippen molar-refractivity contribution in [3.8, 4) is 0 Å². The van der Waals surface area contributed by atoms with Crippen molar-refractivity contribution in [2.45, 2.75) is 44.4 Å². The lowest BCUT2D eigenvalue weighted by atomic mass is 9.99. The van der Waals surface area contributed by atoms with Crippen LogP contribution in [0.3, 0.4) is 0 Å². The third-order valence-corrected chi connectivity index (χ3v) is 3.76. The molecule has 1 aliphatic rings. The maximum atomic E-state index is 5.94. The Morgan fingerprint density at radius 2 is 2.06 bits per heavy atom. The van der Waals surface area contributed by atoms with Crippen molar-refractivity contribution in [3.05, 3.63) is 35.4 Å². The minimum absolute atomic E-state index is 0.249. The molecule has 0 amide bonds. The Kier molecular flexibility index (Phi) is 5.17. The number of ether oxygens (including phenoxy) is 1. The molecule has 1 atom stereocenters. The smallest absolute Gasteiger partial charge is 0.0716 e. The minimum atomic E-state index is 0.249. The summed E-state index contributed by atoms with van der Waals surface area (Å²) in [6.45, 7) is 1.29. The number of hydrogen-bond acceptors (Lipinski definition) is 3. The van der Waals surface area contributed by atoms with Crippen molar-refractivity contribution in [2.24, 2.45) is 5.73 Å². The summed E-state index contributed by atoms with van der Waals surface area (Å²) in [5.74, 6) is 0. The van der Waals surface area contributed by atoms with Gasteiger partial charge in [0.05, 0.1) is 6.61 Å². The molecule has 1 aromatic carbocycles. The fourth-order valence-corrected chi connectivity index (χ4v) is 2.82. The quantitative estimate of drug-likeness (QED) is 0.812. The predicted molar refractivity (Wildman–Crippen MR) is 74.3 cm³/mol. The maximum Gasteiger partial charge on any atom is 0.0716 e. The molecule has 0 bridgehead atoms. The summed E-state index contributed by atoms with van der Waals surface area (Å²) in [5.41, 5.74) is 8.47. The van der Waals surface area contributed by atoms with Crippen LogP contribution >= 0.6 is 0 Å². The highest BCUT2D eigenvalue weighted by Crippen LogP contribution is 2.24. The number of nitrogens with two attached hydrogens (primary N) is 1. The Balaban J connectivity index is 2.10. The molecule has 3 nitrogen and oxygen atoms in total. The van der Waals surface area contributed by atoms with Crippen molar-refractivity contribution in [2.75, 3.05) is 13.7 Å². The second-order valence-corrected chi connectivity index (χ2v) is 5.07. The number of nitrogens with one attached hydrogen (secondary N) is 1. The molecule has 0 radical (unpaired) electrons. The SMILES string of the molecule is COCc1ccccc1C(CN)NC1CCCC1. The van der Waals surface area contributed by atoms with Gasteiger partial charge in [-0.2, -0.15) is 0 Å². The van der Waals surface area contributed by atoms with Gasteiger partial charge in [0, 0.05) is 25.7 Å². The van der Waals surface area contributed by atoms with E-state index in [-0.39, 0.29) is 6.04 Å². The van der Waals surface area contributed by atoms with Crippen LogP contribution in [-0.4, -0.2) is 19.7 Å². The first-order valence-corrected chi connectivity index (χ1v) is 6.88. The highest BCUT2D eigenvalue weighted by Gasteiger charge is 2.20. The zero-order valence-electron chi connectivity index (χ0n) is 11.2. The van der Waals surface area contributed by atoms with Gasteiger partial charge in [-0.3, -0.25) is 0 Å². The second-order valence-electron chi connectivity index (χ2n) is 5.07. The van der Waals surface area contributed by atoms with Crippen LogP contribution in [0.25, 0.3) is 0 Å². The lowest BCUT2D eigenvalue weighted by Crippen LogP contribution is -2.35. The summed E-state index contributed by atoms with van der Waals surface area (Å²) < 4.78 is 5.26. The van der Waals surface area contributed by atoms with Crippen LogP contribution in [0.2, 0.25) is 0 Å². The van der Waals surface area contributed by atoms with Crippen LogP contribution in [0.5, 0.6) is 0 Å². The molecule has 18 heavy (non-hydrogen) atoms. The van der Waals surface area contributed by atoms with Gasteiger partial charge in [-0.15, -0.1) is 0 Å². The molecule has 0 spiro atoms. The third-order valence-electron chi connectivity index (χ3n) is 3.76. The largest absolute Gasteiger partial charge is 0.380 e. The van der Waals surface area contributed by atoms with E-state index in [1.54, 1.807) is 7.11 Å². The molecule has 1 fully saturated rings. The Labute approximate surface area is 110 Å². The predicted octanol–water partition coefficient (Wildman–Crippen LogP) is 2.37. The first-order valence-electron chi connectivity index (χ1n) is 6.88. The maximum absolute atomic E-state index is 5.94. The topological polar surface area (TPSA) is 47.3 Å². The lowest BCUT2D eigenvalue weighted by molar-refractivity contribution is 0.183. The zero-order valence-corrected chi connectivity index (χ0v) is 11.2. The molecule has 100 valence electrons. The van der Waals surface area contributed by atoms with Gasteiger partial charge < -0.3 is 15.8 Å². The van der Waals surface area contributed by atoms with Gasteiger partial charge in [-0.1, -0.05) is 37.1 Å². The van der Waals surface area contributed by atoms with Gasteiger partial charge in [0.2, 0.25) is 0 Å². The average Bonchev–Trinajstić information content (AvgIpc) is 2.90. The van der Waals surface area contributed by atoms with E-state index in [0.717, 1.165) is 0 Å². The molecule has 3 N–H and O–H groups in total. The van der Waals surface area contributed by atoms with Gasteiger partial charge in [0.25, 0.3) is 0 Å². The summed E-state index contributed by atoms with van der Waals surface area (Å²) in [4.78, 5) is 0. The first-order chi connectivity index (χ1) is 8.85. The highest BCUT2D eigenvalue weighted by atomic mass is 16.5. The van der Waals surface area contributed by atoms with Crippen LogP contribution in [-0.2, 0) is 11.3 Å². The minimum Gasteiger partial charge on any atom is -0.380 e. The molecule has 2 rings (SSSR count). The fourth-order valence-electron chi connectivity index (χ4n) is 2.82. The summed E-state index contributed by atoms with van der Waals surface area (Å²) in [6, 6.07) is 9.30. The van der Waals surface area contributed by atoms with Crippen LogP contribution < -0.4 is 11.1 Å². The van der Waals surface area contributed by atoms with Gasteiger partial charge in [0.1, 0.15) is 0 Å². The molecule has 1 saturated carbocycles. The van der Waals surface area contributed by atoms with Crippen molar-refractivity contribution in [1.29, 1.82) is 0 Å². The lowest BCUT2D eigenvalue weighted by Gasteiger charge is -2.24. The molecule has 0 saturated heterocycles. The molecule has 0 heterocycles. The van der Waals surface area contributed by atoms with Crippen molar-refractivity contribution < 1.29 is 4.74 Å². The van der Waals surface area contributed by atoms with Gasteiger partial charge in [0.15, 0.2) is 0 Å². The normalized spacial score (nSPS) is 18.1. The Morgan fingerprint density at radius 3 is 2.72 bits per heavy atom. The number of rotatable bonds is 6. The standard InChI is InChI=1S/C15H24N2O/c1-18-11-12-6-2-5-9-14(12)15(10-16)17-13-7-3-4-8-13/h2,5-6,9,13,15,17H,3-4,7-8,10-11,16H2,1H3. The summed E-state index contributed by atoms with van der Waals surface area (Å²) in [5, 5.41) is 3.70. The molecular formula is C15H24N2O. The van der Waals surface area contributed by atoms with E-state index in [4.69, 9.17) is 10.5 Å². The van der Waals surface area contributed by atoms with E-state index in [1.165, 1.54) is 36.8 Å². The zero-order chi connectivity index (χ0) is 12.8. The number of benzene rings is 1. The van der Waals surface area contributed by atoms with Gasteiger partial charge in [-0.05, 0) is 24.0 Å². The van der Waals surface area contributed by atoms with Gasteiger partial charge in [-0.25, -0.2) is 0 Å². The molecule has 3 heteroatoms. The van der Waals surface area contributed by atoms with E-state index < -0.39 is 0 Å². The monoisotopic (exact) mass is 248 g/mol. The second kappa shape index (κ2) is 6.88. The van der Waals surface area contributed by atoms with Crippen LogP contribution in [0.4, 0.5) is 0 Å². The van der Waals surface area contributed by atoms with Crippen LogP contribution in [0.15, 0.2) is 24.3 Å². The van der Waals surface area contributed by atoms with E-state index >= 15 is 0 Å². The molecule has 1 unspecified atom stereocenters. The molecular weight excluding hydrogens is 224 g/mol. The number of methoxy groups -OCH3 is 1. The van der Waals surface area contributed by atoms with E-state index in [9.17, 15) is 0 Å². The van der Waals surface area contributed by atoms with E-state index in [1.807, 2.05) is 0 Å². The fraction of sp³-hybridized carbons (Fsp3) is 0.600. The highest BCUT2D eigenvalue weighted by molar-refractivity contribution is 5.30. The van der Waals surface area contributed by atoms with Crippen LogP contribution in [0, 0.1) is 0 Å². The Morgan fingerprint density at radius 1 is 1.33 bits per heavy atom. The molecule has 1 aromatic rings. The van der Waals surface area contributed by atoms with Crippen molar-refractivity contribution >= 4 is 0 Å². The third kappa shape index (κ3) is 3.31. The van der Waals surface area contributed by atoms with Crippen LogP contribution in [0.1, 0.15) is 42.9 Å². The molecule has 0 aliphatic heterocycles. The van der Waals surface area contributed by atoms with Crippen molar-refractivity contribution in [1.82, 2.24) is 5.32 Å². The average molecular weight is 248 g/mol. The molecule has 0 aromatic heterocycles. The summed E-state index contributed by atoms with van der Waals surface area (Å²) >= 11 is 0. The first kappa shape index (κ1) is 13.5. The van der Waals surface area contributed by atoms with Crippen molar-refractivity contribution in [3.63, 3.8) is 0 Å². The van der Waals surface area contributed by atoms with E-state index in [2.05, 4.69) is 29.6 Å².